The predicted molar refractivity (Wildman–Crippen MR) is 92.6 cm³/mol. The topological polar surface area (TPSA) is 73.9 Å². The van der Waals surface area contributed by atoms with Gasteiger partial charge in [0.25, 0.3) is 0 Å². The summed E-state index contributed by atoms with van der Waals surface area (Å²) in [5.74, 6) is -0.189. The number of amidine groups is 1. The molecule has 5 nitrogen and oxygen atoms in total. The van der Waals surface area contributed by atoms with Crippen LogP contribution in [0.25, 0.3) is 0 Å². The molecule has 0 spiro atoms. The van der Waals surface area contributed by atoms with Gasteiger partial charge in [-0.1, -0.05) is 56.4 Å². The second-order valence-electron chi connectivity index (χ2n) is 4.67. The van der Waals surface area contributed by atoms with Gasteiger partial charge in [-0.3, -0.25) is 0 Å². The van der Waals surface area contributed by atoms with Crippen LogP contribution in [0.15, 0.2) is 52.1 Å². The maximum Gasteiger partial charge on any atom is 0.372 e. The lowest BCUT2D eigenvalue weighted by Gasteiger charge is -2.06. The molecule has 2 aromatic rings. The summed E-state index contributed by atoms with van der Waals surface area (Å²) in [6, 6.07) is 12.4. The van der Waals surface area contributed by atoms with E-state index in [0.29, 0.717) is 16.3 Å². The van der Waals surface area contributed by atoms with Crippen molar-refractivity contribution in [1.29, 1.82) is 0 Å². The number of nitrogens with zero attached hydrogens (tertiary/aromatic N) is 1. The Labute approximate surface area is 147 Å². The molecule has 0 aliphatic heterocycles. The number of oxime groups is 1. The smallest absolute Gasteiger partial charge is 0.372 e. The Balaban J connectivity index is 1.90. The molecular weight excluding hydrogens is 384 g/mol. The number of carbonyl (C=O) groups is 1. The highest BCUT2D eigenvalue weighted by Gasteiger charge is 2.08. The molecule has 2 aromatic carbocycles. The van der Waals surface area contributed by atoms with Crippen LogP contribution in [0, 0.1) is 6.92 Å². The summed E-state index contributed by atoms with van der Waals surface area (Å²) in [4.78, 5) is 16.4. The summed E-state index contributed by atoms with van der Waals surface area (Å²) >= 11 is 9.26. The lowest BCUT2D eigenvalue weighted by molar-refractivity contribution is -0.146. The zero-order valence-corrected chi connectivity index (χ0v) is 14.6. The van der Waals surface area contributed by atoms with Crippen LogP contribution in [0.5, 0.6) is 5.75 Å². The van der Waals surface area contributed by atoms with Crippen LogP contribution in [0.4, 0.5) is 0 Å². The standard InChI is InChI=1S/C16H14BrClN2O3/c1-10-3-2-4-11(7-10)16(19)20-23-15(21)9-22-14-6-5-12(17)8-13(14)18/h2-8H,9H2,1H3,(H2,19,20). The summed E-state index contributed by atoms with van der Waals surface area (Å²) in [5.41, 5.74) is 7.47. The quantitative estimate of drug-likeness (QED) is 0.362. The molecule has 2 rings (SSSR count). The van der Waals surface area contributed by atoms with Crippen molar-refractivity contribution in [1.82, 2.24) is 0 Å². The Hall–Kier alpha value is -2.05. The Kier molecular flexibility index (Phi) is 6.01. The van der Waals surface area contributed by atoms with Gasteiger partial charge >= 0.3 is 5.97 Å². The summed E-state index contributed by atoms with van der Waals surface area (Å²) in [7, 11) is 0. The van der Waals surface area contributed by atoms with Crippen LogP contribution < -0.4 is 10.5 Å². The van der Waals surface area contributed by atoms with Crippen molar-refractivity contribution in [2.24, 2.45) is 10.9 Å². The number of rotatable bonds is 5. The largest absolute Gasteiger partial charge is 0.480 e. The van der Waals surface area contributed by atoms with Gasteiger partial charge in [-0.2, -0.15) is 0 Å². The van der Waals surface area contributed by atoms with Crippen molar-refractivity contribution in [3.63, 3.8) is 0 Å². The average molecular weight is 398 g/mol. The zero-order valence-electron chi connectivity index (χ0n) is 12.3. The van der Waals surface area contributed by atoms with Crippen LogP contribution >= 0.6 is 27.5 Å². The Bertz CT molecular complexity index is 750. The van der Waals surface area contributed by atoms with E-state index < -0.39 is 5.97 Å². The van der Waals surface area contributed by atoms with Crippen molar-refractivity contribution in [3.05, 3.63) is 63.1 Å². The maximum atomic E-state index is 11.6. The van der Waals surface area contributed by atoms with Crippen LogP contribution in [0.3, 0.4) is 0 Å². The lowest BCUT2D eigenvalue weighted by Crippen LogP contribution is -2.18. The summed E-state index contributed by atoms with van der Waals surface area (Å²) in [6.45, 7) is 1.60. The highest BCUT2D eigenvalue weighted by atomic mass is 79.9. The highest BCUT2D eigenvalue weighted by Crippen LogP contribution is 2.27. The zero-order chi connectivity index (χ0) is 16.8. The molecule has 0 saturated heterocycles. The highest BCUT2D eigenvalue weighted by molar-refractivity contribution is 9.10. The van der Waals surface area contributed by atoms with Crippen molar-refractivity contribution in [3.8, 4) is 5.75 Å². The number of ether oxygens (including phenoxy) is 1. The minimum atomic E-state index is -0.681. The van der Waals surface area contributed by atoms with E-state index in [2.05, 4.69) is 21.1 Å². The Morgan fingerprint density at radius 3 is 2.78 bits per heavy atom. The number of halogens is 2. The molecule has 0 bridgehead atoms. The molecule has 0 saturated carbocycles. The number of carbonyl (C=O) groups excluding carboxylic acids is 1. The van der Waals surface area contributed by atoms with Gasteiger partial charge in [-0.05, 0) is 31.2 Å². The van der Waals surface area contributed by atoms with E-state index in [1.807, 2.05) is 25.1 Å². The van der Waals surface area contributed by atoms with Crippen LogP contribution in [0.1, 0.15) is 11.1 Å². The van der Waals surface area contributed by atoms with Crippen molar-refractivity contribution < 1.29 is 14.4 Å². The summed E-state index contributed by atoms with van der Waals surface area (Å²) in [5, 5.41) is 3.99. The minimum Gasteiger partial charge on any atom is -0.480 e. The molecule has 23 heavy (non-hydrogen) atoms. The van der Waals surface area contributed by atoms with Gasteiger partial charge in [0.2, 0.25) is 0 Å². The second-order valence-corrected chi connectivity index (χ2v) is 6.00. The molecular formula is C16H14BrClN2O3. The molecule has 0 atom stereocenters. The van der Waals surface area contributed by atoms with E-state index >= 15 is 0 Å². The number of hydrogen-bond acceptors (Lipinski definition) is 4. The molecule has 0 amide bonds. The molecule has 120 valence electrons. The lowest BCUT2D eigenvalue weighted by atomic mass is 10.1. The van der Waals surface area contributed by atoms with Crippen molar-refractivity contribution in [2.75, 3.05) is 6.61 Å². The van der Waals surface area contributed by atoms with Gasteiger partial charge in [0.05, 0.1) is 5.02 Å². The van der Waals surface area contributed by atoms with Crippen LogP contribution in [-0.2, 0) is 9.63 Å². The first-order valence-corrected chi connectivity index (χ1v) is 7.81. The molecule has 0 aliphatic rings. The summed E-state index contributed by atoms with van der Waals surface area (Å²) in [6.07, 6.45) is 0. The SMILES string of the molecule is Cc1cccc(/C(N)=N\OC(=O)COc2ccc(Br)cc2Cl)c1. The van der Waals surface area contributed by atoms with Crippen molar-refractivity contribution in [2.45, 2.75) is 6.92 Å². The monoisotopic (exact) mass is 396 g/mol. The third kappa shape index (κ3) is 5.26. The third-order valence-electron chi connectivity index (χ3n) is 2.80. The van der Waals surface area contributed by atoms with Crippen LogP contribution in [-0.4, -0.2) is 18.4 Å². The van der Waals surface area contributed by atoms with Gasteiger partial charge in [-0.25, -0.2) is 4.79 Å². The normalized spacial score (nSPS) is 11.2. The number of nitrogens with two attached hydrogens (primary N) is 1. The second kappa shape index (κ2) is 7.99. The van der Waals surface area contributed by atoms with E-state index in [1.165, 1.54) is 0 Å². The van der Waals surface area contributed by atoms with Crippen molar-refractivity contribution >= 4 is 39.3 Å². The molecule has 0 unspecified atom stereocenters. The van der Waals surface area contributed by atoms with Crippen LogP contribution in [0.2, 0.25) is 5.02 Å². The molecule has 0 heterocycles. The fourth-order valence-electron chi connectivity index (χ4n) is 1.71. The van der Waals surface area contributed by atoms with Gasteiger partial charge in [0.15, 0.2) is 12.4 Å². The fourth-order valence-corrected chi connectivity index (χ4v) is 2.44. The molecule has 0 aliphatic carbocycles. The van der Waals surface area contributed by atoms with E-state index in [4.69, 9.17) is 26.9 Å². The third-order valence-corrected chi connectivity index (χ3v) is 3.59. The molecule has 2 N–H and O–H groups in total. The first-order chi connectivity index (χ1) is 11.0. The van der Waals surface area contributed by atoms with E-state index in [0.717, 1.165) is 10.0 Å². The van der Waals surface area contributed by atoms with Gasteiger partial charge in [-0.15, -0.1) is 0 Å². The van der Waals surface area contributed by atoms with E-state index in [1.54, 1.807) is 24.3 Å². The molecule has 0 aromatic heterocycles. The Morgan fingerprint density at radius 1 is 1.30 bits per heavy atom. The minimum absolute atomic E-state index is 0.115. The first-order valence-electron chi connectivity index (χ1n) is 6.64. The summed E-state index contributed by atoms with van der Waals surface area (Å²) < 4.78 is 6.09. The van der Waals surface area contributed by atoms with Gasteiger partial charge in [0.1, 0.15) is 5.75 Å². The van der Waals surface area contributed by atoms with Gasteiger partial charge in [0, 0.05) is 10.0 Å². The first kappa shape index (κ1) is 17.3. The maximum absolute atomic E-state index is 11.6. The average Bonchev–Trinajstić information content (AvgIpc) is 2.51. The number of aryl methyl sites for hydroxylation is 1. The molecule has 0 radical (unpaired) electrons. The number of hydrogen-bond donors (Lipinski definition) is 1. The molecule has 0 fully saturated rings. The molecule has 7 heteroatoms. The predicted octanol–water partition coefficient (Wildman–Crippen LogP) is 3.65. The van der Waals surface area contributed by atoms with E-state index in [9.17, 15) is 4.79 Å². The Morgan fingerprint density at radius 2 is 2.09 bits per heavy atom. The van der Waals surface area contributed by atoms with Gasteiger partial charge < -0.3 is 15.3 Å². The fraction of sp³-hybridized carbons (Fsp3) is 0.125. The van der Waals surface area contributed by atoms with E-state index in [-0.39, 0.29) is 12.4 Å². The number of benzene rings is 2.